The molecule has 212 valence electrons. The number of hydrogen-bond acceptors (Lipinski definition) is 9. The Kier molecular flexibility index (Phi) is 9.14. The van der Waals surface area contributed by atoms with Crippen LogP contribution in [0.2, 0.25) is 16.6 Å². The van der Waals surface area contributed by atoms with Gasteiger partial charge in [0.2, 0.25) is 8.32 Å². The fraction of sp³-hybridized carbons (Fsp3) is 0.556. The van der Waals surface area contributed by atoms with Gasteiger partial charge in [-0.1, -0.05) is 59.7 Å². The molecule has 3 heterocycles. The molecular weight excluding hydrogens is 518 g/mol. The highest BCUT2D eigenvalue weighted by molar-refractivity contribution is 6.77. The molecule has 4 rings (SSSR count). The van der Waals surface area contributed by atoms with E-state index in [4.69, 9.17) is 13.9 Å². The lowest BCUT2D eigenvalue weighted by molar-refractivity contribution is -0.112. The van der Waals surface area contributed by atoms with E-state index < -0.39 is 32.9 Å². The maximum absolute atomic E-state index is 12.7. The molecular formula is C27H39N5O6Si. The van der Waals surface area contributed by atoms with Crippen molar-refractivity contribution in [2.75, 3.05) is 18.7 Å². The van der Waals surface area contributed by atoms with Crippen LogP contribution in [0.5, 0.6) is 0 Å². The van der Waals surface area contributed by atoms with Crippen LogP contribution in [-0.4, -0.2) is 75.7 Å². The van der Waals surface area contributed by atoms with E-state index in [0.717, 1.165) is 0 Å². The van der Waals surface area contributed by atoms with Crippen LogP contribution in [0.15, 0.2) is 43.0 Å². The molecule has 0 spiro atoms. The molecule has 1 aliphatic rings. The second-order valence-electron chi connectivity index (χ2n) is 10.8. The van der Waals surface area contributed by atoms with Crippen LogP contribution < -0.4 is 5.32 Å². The smallest absolute Gasteiger partial charge is 0.256 e. The number of hydrogen-bond donors (Lipinski definition) is 3. The first-order chi connectivity index (χ1) is 18.6. The largest absolute Gasteiger partial charge is 0.394 e. The van der Waals surface area contributed by atoms with Crippen molar-refractivity contribution >= 4 is 31.2 Å². The number of fused-ring (bicyclic) bond motifs is 1. The van der Waals surface area contributed by atoms with Crippen molar-refractivity contribution in [3.8, 4) is 0 Å². The maximum Gasteiger partial charge on any atom is 0.256 e. The lowest BCUT2D eigenvalue weighted by Crippen LogP contribution is -2.49. The Balaban J connectivity index is 1.58. The van der Waals surface area contributed by atoms with Gasteiger partial charge in [0.05, 0.1) is 12.9 Å². The van der Waals surface area contributed by atoms with Crippen LogP contribution >= 0.6 is 0 Å². The van der Waals surface area contributed by atoms with Crippen LogP contribution in [-0.2, 0) is 13.9 Å². The molecule has 39 heavy (non-hydrogen) atoms. The number of carbonyl (C=O) groups is 1. The Bertz CT molecular complexity index is 1230. The molecule has 1 fully saturated rings. The van der Waals surface area contributed by atoms with Crippen LogP contribution in [0.3, 0.4) is 0 Å². The summed E-state index contributed by atoms with van der Waals surface area (Å²) in [6.45, 7) is 12.7. The molecule has 0 unspecified atom stereocenters. The second kappa shape index (κ2) is 12.2. The van der Waals surface area contributed by atoms with Gasteiger partial charge in [0.15, 0.2) is 23.2 Å². The third-order valence-electron chi connectivity index (χ3n) is 7.67. The van der Waals surface area contributed by atoms with Gasteiger partial charge in [0, 0.05) is 5.56 Å². The van der Waals surface area contributed by atoms with Gasteiger partial charge >= 0.3 is 0 Å². The van der Waals surface area contributed by atoms with E-state index in [2.05, 4.69) is 61.8 Å². The number of ether oxygens (including phenoxy) is 2. The van der Waals surface area contributed by atoms with E-state index >= 15 is 0 Å². The number of nitrogens with zero attached hydrogens (tertiary/aromatic N) is 4. The number of carbonyl (C=O) groups excluding carboxylic acids is 1. The van der Waals surface area contributed by atoms with Gasteiger partial charge < -0.3 is 29.4 Å². The van der Waals surface area contributed by atoms with Gasteiger partial charge in [-0.2, -0.15) is 0 Å². The SMILES string of the molecule is CC(C)[Si](OCO[C@@H]1[C@H](O)[C@@H](CO)O[C@H]1n1cnc2c(NC(=O)c3ccccc3)ncnc21)(C(C)C)C(C)C. The van der Waals surface area contributed by atoms with Gasteiger partial charge in [0.25, 0.3) is 5.91 Å². The second-order valence-corrected chi connectivity index (χ2v) is 16.3. The number of aliphatic hydroxyl groups excluding tert-OH is 2. The van der Waals surface area contributed by atoms with E-state index in [1.807, 2.05) is 6.07 Å². The Hall–Kier alpha value is -2.74. The predicted octanol–water partition coefficient (Wildman–Crippen LogP) is 3.86. The summed E-state index contributed by atoms with van der Waals surface area (Å²) in [5, 5.41) is 23.6. The summed E-state index contributed by atoms with van der Waals surface area (Å²) in [6, 6.07) is 8.79. The van der Waals surface area contributed by atoms with Gasteiger partial charge in [-0.25, -0.2) is 15.0 Å². The summed E-state index contributed by atoms with van der Waals surface area (Å²) in [7, 11) is -2.21. The van der Waals surface area contributed by atoms with Crippen molar-refractivity contribution in [2.24, 2.45) is 0 Å². The predicted molar refractivity (Wildman–Crippen MR) is 149 cm³/mol. The average Bonchev–Trinajstić information content (AvgIpc) is 3.47. The first kappa shape index (κ1) is 29.2. The van der Waals surface area contributed by atoms with E-state index in [0.29, 0.717) is 33.4 Å². The van der Waals surface area contributed by atoms with Crippen LogP contribution in [0, 0.1) is 0 Å². The molecule has 1 aromatic carbocycles. The summed E-state index contributed by atoms with van der Waals surface area (Å²) in [4.78, 5) is 25.7. The molecule has 0 aliphatic carbocycles. The number of benzene rings is 1. The highest BCUT2D eigenvalue weighted by Crippen LogP contribution is 2.42. The number of aromatic nitrogens is 4. The summed E-state index contributed by atoms with van der Waals surface area (Å²) in [6.07, 6.45) is -0.835. The zero-order chi connectivity index (χ0) is 28.3. The van der Waals surface area contributed by atoms with Crippen LogP contribution in [0.25, 0.3) is 11.2 Å². The molecule has 4 atom stereocenters. The fourth-order valence-electron chi connectivity index (χ4n) is 5.89. The van der Waals surface area contributed by atoms with E-state index in [-0.39, 0.29) is 25.1 Å². The summed E-state index contributed by atoms with van der Waals surface area (Å²) >= 11 is 0. The molecule has 11 nitrogen and oxygen atoms in total. The number of imidazole rings is 1. The monoisotopic (exact) mass is 557 g/mol. The number of amides is 1. The Morgan fingerprint density at radius 1 is 1.08 bits per heavy atom. The molecule has 1 saturated heterocycles. The standard InChI is InChI=1S/C27H39N5O6Si/c1-16(2)39(17(3)4,18(5)6)37-15-36-23-22(34)20(12-33)38-27(23)32-14-30-21-24(28-13-29-25(21)32)31-26(35)19-10-8-7-9-11-19/h7-11,13-14,16-18,20,22-23,27,33-34H,12,15H2,1-6H3,(H,28,29,31,35)/t20-,22-,23-,27-/m1/s1. The van der Waals surface area contributed by atoms with Gasteiger partial charge in [-0.15, -0.1) is 0 Å². The molecule has 1 amide bonds. The van der Waals surface area contributed by atoms with Crippen LogP contribution in [0.4, 0.5) is 5.82 Å². The van der Waals surface area contributed by atoms with Crippen molar-refractivity contribution in [1.82, 2.24) is 19.5 Å². The van der Waals surface area contributed by atoms with Crippen molar-refractivity contribution < 1.29 is 28.9 Å². The molecule has 2 aromatic heterocycles. The minimum absolute atomic E-state index is 0.0134. The molecule has 0 saturated carbocycles. The minimum Gasteiger partial charge on any atom is -0.394 e. The Labute approximate surface area is 229 Å². The number of anilines is 1. The third-order valence-corrected chi connectivity index (χ3v) is 13.7. The summed E-state index contributed by atoms with van der Waals surface area (Å²) in [5.41, 5.74) is 2.32. The first-order valence-corrected chi connectivity index (χ1v) is 15.5. The highest BCUT2D eigenvalue weighted by Gasteiger charge is 2.48. The molecule has 3 N–H and O–H groups in total. The Morgan fingerprint density at radius 2 is 1.74 bits per heavy atom. The zero-order valence-corrected chi connectivity index (χ0v) is 24.3. The minimum atomic E-state index is -2.21. The van der Waals surface area contributed by atoms with E-state index in [9.17, 15) is 15.0 Å². The summed E-state index contributed by atoms with van der Waals surface area (Å²) in [5.74, 6) is -0.0864. The van der Waals surface area contributed by atoms with Crippen molar-refractivity contribution in [2.45, 2.75) is 82.7 Å². The molecule has 12 heteroatoms. The van der Waals surface area contributed by atoms with Gasteiger partial charge in [-0.05, 0) is 28.8 Å². The normalized spacial score (nSPS) is 21.9. The quantitative estimate of drug-likeness (QED) is 0.237. The maximum atomic E-state index is 12.7. The lowest BCUT2D eigenvalue weighted by Gasteiger charge is -2.42. The molecule has 0 bridgehead atoms. The van der Waals surface area contributed by atoms with E-state index in [1.165, 1.54) is 12.7 Å². The number of aliphatic hydroxyl groups is 2. The highest BCUT2D eigenvalue weighted by atomic mass is 28.4. The Morgan fingerprint density at radius 3 is 2.36 bits per heavy atom. The van der Waals surface area contributed by atoms with Gasteiger partial charge in [-0.3, -0.25) is 9.36 Å². The molecule has 1 aliphatic heterocycles. The molecule has 0 radical (unpaired) electrons. The van der Waals surface area contributed by atoms with Crippen molar-refractivity contribution in [1.29, 1.82) is 0 Å². The fourth-order valence-corrected chi connectivity index (χ4v) is 11.2. The number of rotatable bonds is 11. The van der Waals surface area contributed by atoms with Crippen molar-refractivity contribution in [3.63, 3.8) is 0 Å². The molecule has 3 aromatic rings. The number of nitrogens with one attached hydrogen (secondary N) is 1. The topological polar surface area (TPSA) is 141 Å². The lowest BCUT2D eigenvalue weighted by atomic mass is 10.1. The van der Waals surface area contributed by atoms with Crippen molar-refractivity contribution in [3.05, 3.63) is 48.5 Å². The first-order valence-electron chi connectivity index (χ1n) is 13.4. The van der Waals surface area contributed by atoms with Gasteiger partial charge in [0.1, 0.15) is 31.4 Å². The van der Waals surface area contributed by atoms with E-state index in [1.54, 1.807) is 28.8 Å². The average molecular weight is 558 g/mol. The zero-order valence-electron chi connectivity index (χ0n) is 23.3. The summed E-state index contributed by atoms with van der Waals surface area (Å²) < 4.78 is 20.3. The third kappa shape index (κ3) is 5.63. The van der Waals surface area contributed by atoms with Crippen LogP contribution in [0.1, 0.15) is 58.1 Å².